The summed E-state index contributed by atoms with van der Waals surface area (Å²) in [7, 11) is 2.19. The van der Waals surface area contributed by atoms with Crippen molar-refractivity contribution in [2.75, 3.05) is 13.6 Å². The van der Waals surface area contributed by atoms with E-state index in [-0.39, 0.29) is 0 Å². The lowest BCUT2D eigenvalue weighted by Gasteiger charge is -2.12. The van der Waals surface area contributed by atoms with Crippen molar-refractivity contribution in [1.29, 1.82) is 0 Å². The quantitative estimate of drug-likeness (QED) is 0.817. The first-order valence-electron chi connectivity index (χ1n) is 5.06. The predicted molar refractivity (Wildman–Crippen MR) is 59.5 cm³/mol. The lowest BCUT2D eigenvalue weighted by molar-refractivity contribution is 0.326. The van der Waals surface area contributed by atoms with Gasteiger partial charge in [0.05, 0.1) is 5.51 Å². The van der Waals surface area contributed by atoms with Crippen LogP contribution in [0.3, 0.4) is 0 Å². The Kier molecular flexibility index (Phi) is 3.15. The summed E-state index contributed by atoms with van der Waals surface area (Å²) in [4.78, 5) is 7.80. The molecule has 0 aliphatic carbocycles. The van der Waals surface area contributed by atoms with E-state index in [2.05, 4.69) is 29.2 Å². The molecule has 78 valence electrons. The molecule has 0 saturated carbocycles. The molecule has 1 aliphatic rings. The molecule has 4 heteroatoms. The molecule has 1 fully saturated rings. The van der Waals surface area contributed by atoms with E-state index in [1.165, 1.54) is 17.8 Å². The van der Waals surface area contributed by atoms with Gasteiger partial charge in [0.15, 0.2) is 0 Å². The predicted octanol–water partition coefficient (Wildman–Crippen LogP) is 1.33. The third kappa shape index (κ3) is 2.32. The van der Waals surface area contributed by atoms with Crippen LogP contribution in [0.5, 0.6) is 0 Å². The molecule has 1 aromatic rings. The monoisotopic (exact) mass is 211 g/mol. The molecule has 2 unspecified atom stereocenters. The molecule has 0 amide bonds. The van der Waals surface area contributed by atoms with Crippen molar-refractivity contribution in [3.05, 3.63) is 16.6 Å². The molecule has 2 heterocycles. The second-order valence-electron chi connectivity index (χ2n) is 4.07. The highest BCUT2D eigenvalue weighted by Gasteiger charge is 2.25. The maximum atomic E-state index is 4.07. The maximum absolute atomic E-state index is 4.07. The van der Waals surface area contributed by atoms with Gasteiger partial charge in [0.1, 0.15) is 0 Å². The lowest BCUT2D eigenvalue weighted by Crippen LogP contribution is -2.30. The van der Waals surface area contributed by atoms with Crippen LogP contribution in [0.15, 0.2) is 11.7 Å². The summed E-state index contributed by atoms with van der Waals surface area (Å²) in [5.74, 6) is 0. The van der Waals surface area contributed by atoms with Gasteiger partial charge in [-0.3, -0.25) is 4.98 Å². The van der Waals surface area contributed by atoms with Crippen molar-refractivity contribution < 1.29 is 0 Å². The number of rotatable bonds is 3. The number of aromatic nitrogens is 1. The molecule has 2 rings (SSSR count). The topological polar surface area (TPSA) is 28.2 Å². The third-order valence-electron chi connectivity index (χ3n) is 2.93. The van der Waals surface area contributed by atoms with E-state index >= 15 is 0 Å². The van der Waals surface area contributed by atoms with Gasteiger partial charge in [0.25, 0.3) is 0 Å². The van der Waals surface area contributed by atoms with Crippen LogP contribution < -0.4 is 5.32 Å². The molecule has 1 aromatic heterocycles. The largest absolute Gasteiger partial charge is 0.308 e. The minimum absolute atomic E-state index is 0.650. The number of hydrogen-bond donors (Lipinski definition) is 1. The highest BCUT2D eigenvalue weighted by Crippen LogP contribution is 2.15. The van der Waals surface area contributed by atoms with Crippen LogP contribution in [-0.4, -0.2) is 35.6 Å². The summed E-state index contributed by atoms with van der Waals surface area (Å²) in [6, 6.07) is 1.37. The maximum Gasteiger partial charge on any atom is 0.0794 e. The summed E-state index contributed by atoms with van der Waals surface area (Å²) < 4.78 is 0. The molecule has 3 nitrogen and oxygen atoms in total. The molecule has 0 bridgehead atoms. The second-order valence-corrected chi connectivity index (χ2v) is 5.04. The van der Waals surface area contributed by atoms with Gasteiger partial charge >= 0.3 is 0 Å². The van der Waals surface area contributed by atoms with E-state index in [4.69, 9.17) is 0 Å². The summed E-state index contributed by atoms with van der Waals surface area (Å²) in [6.07, 6.45) is 3.20. The van der Waals surface area contributed by atoms with Crippen molar-refractivity contribution in [2.24, 2.45) is 0 Å². The minimum atomic E-state index is 0.650. The molecule has 0 aromatic carbocycles. The number of nitrogens with zero attached hydrogens (tertiary/aromatic N) is 2. The van der Waals surface area contributed by atoms with Crippen molar-refractivity contribution in [3.8, 4) is 0 Å². The molecular weight excluding hydrogens is 194 g/mol. The van der Waals surface area contributed by atoms with Crippen molar-refractivity contribution in [3.63, 3.8) is 0 Å². The molecule has 2 atom stereocenters. The highest BCUT2D eigenvalue weighted by molar-refractivity contribution is 7.09. The van der Waals surface area contributed by atoms with E-state index in [9.17, 15) is 0 Å². The van der Waals surface area contributed by atoms with Gasteiger partial charge < -0.3 is 10.2 Å². The summed E-state index contributed by atoms with van der Waals surface area (Å²) in [5, 5.41) is 3.57. The Morgan fingerprint density at radius 1 is 1.71 bits per heavy atom. The Balaban J connectivity index is 1.77. The normalized spacial score (nSPS) is 28.4. The Morgan fingerprint density at radius 3 is 3.14 bits per heavy atom. The summed E-state index contributed by atoms with van der Waals surface area (Å²) in [5.41, 5.74) is 1.89. The lowest BCUT2D eigenvalue weighted by atomic mass is 10.2. The average molecular weight is 211 g/mol. The van der Waals surface area contributed by atoms with Gasteiger partial charge in [0.2, 0.25) is 0 Å². The first-order chi connectivity index (χ1) is 6.75. The summed E-state index contributed by atoms with van der Waals surface area (Å²) in [6.45, 7) is 4.42. The minimum Gasteiger partial charge on any atom is -0.308 e. The van der Waals surface area contributed by atoms with Crippen LogP contribution in [0.2, 0.25) is 0 Å². The van der Waals surface area contributed by atoms with Crippen LogP contribution in [0.4, 0.5) is 0 Å². The fourth-order valence-electron chi connectivity index (χ4n) is 1.92. The van der Waals surface area contributed by atoms with E-state index in [1.54, 1.807) is 11.3 Å². The zero-order chi connectivity index (χ0) is 9.97. The Morgan fingerprint density at radius 2 is 2.57 bits per heavy atom. The molecule has 0 spiro atoms. The van der Waals surface area contributed by atoms with Crippen LogP contribution in [0.25, 0.3) is 0 Å². The third-order valence-corrected chi connectivity index (χ3v) is 3.71. The van der Waals surface area contributed by atoms with E-state index in [1.807, 2.05) is 11.7 Å². The van der Waals surface area contributed by atoms with Gasteiger partial charge in [-0.05, 0) is 20.4 Å². The number of hydrogen-bond acceptors (Lipinski definition) is 4. The molecule has 0 radical (unpaired) electrons. The number of likely N-dealkylation sites (N-methyl/N-ethyl adjacent to an activating group) is 1. The zero-order valence-corrected chi connectivity index (χ0v) is 9.55. The average Bonchev–Trinajstić information content (AvgIpc) is 2.74. The molecular formula is C10H17N3S. The molecule has 14 heavy (non-hydrogen) atoms. The molecule has 1 aliphatic heterocycles. The van der Waals surface area contributed by atoms with Crippen molar-refractivity contribution in [1.82, 2.24) is 15.2 Å². The van der Waals surface area contributed by atoms with Gasteiger partial charge in [-0.15, -0.1) is 11.3 Å². The zero-order valence-electron chi connectivity index (χ0n) is 8.73. The molecule has 1 N–H and O–H groups in total. The fraction of sp³-hybridized carbons (Fsp3) is 0.700. The standard InChI is InChI=1S/C10H17N3S/c1-8-3-9(6-13(8)2)12-5-10-4-11-7-14-10/h4,7-9,12H,3,5-6H2,1-2H3. The fourth-order valence-corrected chi connectivity index (χ4v) is 2.46. The smallest absolute Gasteiger partial charge is 0.0794 e. The first kappa shape index (κ1) is 10.1. The van der Waals surface area contributed by atoms with Gasteiger partial charge in [-0.2, -0.15) is 0 Å². The highest BCUT2D eigenvalue weighted by atomic mass is 32.1. The van der Waals surface area contributed by atoms with Gasteiger partial charge in [-0.25, -0.2) is 0 Å². The first-order valence-corrected chi connectivity index (χ1v) is 5.94. The SMILES string of the molecule is CC1CC(NCc2cncs2)CN1C. The van der Waals surface area contributed by atoms with E-state index < -0.39 is 0 Å². The molecule has 1 saturated heterocycles. The number of nitrogens with one attached hydrogen (secondary N) is 1. The van der Waals surface area contributed by atoms with Crippen molar-refractivity contribution in [2.45, 2.75) is 32.0 Å². The number of thiazole rings is 1. The van der Waals surface area contributed by atoms with Crippen LogP contribution in [0.1, 0.15) is 18.2 Å². The summed E-state index contributed by atoms with van der Waals surface area (Å²) >= 11 is 1.72. The van der Waals surface area contributed by atoms with Gasteiger partial charge in [0, 0.05) is 36.2 Å². The van der Waals surface area contributed by atoms with E-state index in [0.717, 1.165) is 6.54 Å². The van der Waals surface area contributed by atoms with Crippen LogP contribution >= 0.6 is 11.3 Å². The Hall–Kier alpha value is -0.450. The van der Waals surface area contributed by atoms with E-state index in [0.29, 0.717) is 12.1 Å². The number of likely N-dealkylation sites (tertiary alicyclic amines) is 1. The second kappa shape index (κ2) is 4.38. The Labute approximate surface area is 89.1 Å². The van der Waals surface area contributed by atoms with Crippen molar-refractivity contribution >= 4 is 11.3 Å². The van der Waals surface area contributed by atoms with Gasteiger partial charge in [-0.1, -0.05) is 0 Å². The van der Waals surface area contributed by atoms with Crippen LogP contribution in [-0.2, 0) is 6.54 Å². The Bertz CT molecular complexity index is 263. The van der Waals surface area contributed by atoms with Crippen LogP contribution in [0, 0.1) is 0 Å².